The third-order valence-electron chi connectivity index (χ3n) is 3.85. The minimum Gasteiger partial charge on any atom is -0.395 e. The van der Waals surface area contributed by atoms with Crippen molar-refractivity contribution in [1.29, 1.82) is 5.26 Å². The quantitative estimate of drug-likeness (QED) is 0.733. The summed E-state index contributed by atoms with van der Waals surface area (Å²) in [6, 6.07) is 11.7. The zero-order valence-electron chi connectivity index (χ0n) is 13.8. The van der Waals surface area contributed by atoms with E-state index in [0.29, 0.717) is 0 Å². The van der Waals surface area contributed by atoms with Crippen molar-refractivity contribution in [2.45, 2.75) is 6.18 Å². The van der Waals surface area contributed by atoms with Crippen LogP contribution in [0.25, 0.3) is 16.7 Å². The first kappa shape index (κ1) is 18.4. The maximum absolute atomic E-state index is 13.1. The summed E-state index contributed by atoms with van der Waals surface area (Å²) in [4.78, 5) is 16.5. The Bertz CT molecular complexity index is 1090. The second-order valence-corrected chi connectivity index (χ2v) is 5.55. The van der Waals surface area contributed by atoms with E-state index >= 15 is 0 Å². The molecule has 0 fully saturated rings. The van der Waals surface area contributed by atoms with E-state index in [-0.39, 0.29) is 41.1 Å². The van der Waals surface area contributed by atoms with Gasteiger partial charge >= 0.3 is 6.18 Å². The molecule has 0 spiro atoms. The topological polar surface area (TPSA) is 90.9 Å². The van der Waals surface area contributed by atoms with Gasteiger partial charge in [-0.05, 0) is 24.3 Å². The molecule has 0 aliphatic rings. The first-order valence-electron chi connectivity index (χ1n) is 7.85. The number of nitrogens with zero attached hydrogens (tertiary/aromatic N) is 3. The Morgan fingerprint density at radius 1 is 1.19 bits per heavy atom. The zero-order valence-corrected chi connectivity index (χ0v) is 13.8. The Balaban J connectivity index is 2.46. The van der Waals surface area contributed by atoms with Gasteiger partial charge in [-0.1, -0.05) is 18.2 Å². The average Bonchev–Trinajstić information content (AvgIpc) is 2.65. The minimum absolute atomic E-state index is 0.0135. The van der Waals surface area contributed by atoms with Crippen molar-refractivity contribution in [3.05, 3.63) is 64.1 Å². The van der Waals surface area contributed by atoms with Crippen molar-refractivity contribution in [3.63, 3.8) is 0 Å². The molecular weight excluding hydrogens is 361 g/mol. The smallest absolute Gasteiger partial charge is 0.395 e. The number of rotatable bonds is 4. The highest BCUT2D eigenvalue weighted by Gasteiger charge is 2.33. The molecule has 2 N–H and O–H groups in total. The largest absolute Gasteiger partial charge is 0.433 e. The highest BCUT2D eigenvalue weighted by Crippen LogP contribution is 2.32. The van der Waals surface area contributed by atoms with Gasteiger partial charge in [0.05, 0.1) is 18.0 Å². The van der Waals surface area contributed by atoms with Gasteiger partial charge in [0.1, 0.15) is 23.0 Å². The molecule has 1 aromatic carbocycles. The first-order chi connectivity index (χ1) is 12.9. The van der Waals surface area contributed by atoms with Crippen molar-refractivity contribution >= 4 is 16.7 Å². The SMILES string of the molecule is N#Cc1c(NCCO)c2ccc(C(F)(F)F)nc2n(-c2ccccc2)c1=O. The van der Waals surface area contributed by atoms with Crippen LogP contribution in [-0.2, 0) is 6.18 Å². The third-order valence-corrected chi connectivity index (χ3v) is 3.85. The fourth-order valence-corrected chi connectivity index (χ4v) is 2.71. The normalized spacial score (nSPS) is 11.4. The Morgan fingerprint density at radius 2 is 1.89 bits per heavy atom. The van der Waals surface area contributed by atoms with E-state index in [2.05, 4.69) is 10.3 Å². The van der Waals surface area contributed by atoms with Crippen LogP contribution >= 0.6 is 0 Å². The molecule has 0 unspecified atom stereocenters. The zero-order chi connectivity index (χ0) is 19.6. The minimum atomic E-state index is -4.70. The second kappa shape index (κ2) is 7.09. The summed E-state index contributed by atoms with van der Waals surface area (Å²) >= 11 is 0. The molecule has 138 valence electrons. The lowest BCUT2D eigenvalue weighted by Gasteiger charge is -2.17. The molecule has 0 bridgehead atoms. The van der Waals surface area contributed by atoms with Gasteiger partial charge in [-0.2, -0.15) is 18.4 Å². The van der Waals surface area contributed by atoms with Gasteiger partial charge in [-0.15, -0.1) is 0 Å². The van der Waals surface area contributed by atoms with E-state index < -0.39 is 17.4 Å². The van der Waals surface area contributed by atoms with Crippen molar-refractivity contribution < 1.29 is 18.3 Å². The number of anilines is 1. The number of fused-ring (bicyclic) bond motifs is 1. The lowest BCUT2D eigenvalue weighted by Crippen LogP contribution is -2.25. The summed E-state index contributed by atoms with van der Waals surface area (Å²) in [5.74, 6) is 0. The van der Waals surface area contributed by atoms with Gasteiger partial charge in [0.15, 0.2) is 0 Å². The predicted molar refractivity (Wildman–Crippen MR) is 92.6 cm³/mol. The highest BCUT2D eigenvalue weighted by atomic mass is 19.4. The molecule has 0 saturated heterocycles. The van der Waals surface area contributed by atoms with Crippen LogP contribution in [0.2, 0.25) is 0 Å². The van der Waals surface area contributed by atoms with Crippen LogP contribution in [0.4, 0.5) is 18.9 Å². The summed E-state index contributed by atoms with van der Waals surface area (Å²) in [6.07, 6.45) is -4.70. The van der Waals surface area contributed by atoms with Gasteiger partial charge in [-0.3, -0.25) is 9.36 Å². The highest BCUT2D eigenvalue weighted by molar-refractivity contribution is 5.93. The Kier molecular flexibility index (Phi) is 4.83. The van der Waals surface area contributed by atoms with E-state index in [1.54, 1.807) is 24.3 Å². The molecular formula is C18H13F3N4O2. The lowest BCUT2D eigenvalue weighted by molar-refractivity contribution is -0.141. The number of nitriles is 1. The van der Waals surface area contributed by atoms with E-state index in [1.165, 1.54) is 12.1 Å². The Hall–Kier alpha value is -3.38. The van der Waals surface area contributed by atoms with Gasteiger partial charge in [0.2, 0.25) is 0 Å². The molecule has 27 heavy (non-hydrogen) atoms. The molecule has 0 radical (unpaired) electrons. The number of para-hydroxylation sites is 1. The number of nitrogens with one attached hydrogen (secondary N) is 1. The number of aliphatic hydroxyl groups is 1. The predicted octanol–water partition coefficient (Wildman–Crippen LogP) is 2.68. The fourth-order valence-electron chi connectivity index (χ4n) is 2.71. The number of hydrogen-bond donors (Lipinski definition) is 2. The van der Waals surface area contributed by atoms with Crippen LogP contribution in [-0.4, -0.2) is 27.8 Å². The van der Waals surface area contributed by atoms with Crippen molar-refractivity contribution in [2.24, 2.45) is 0 Å². The van der Waals surface area contributed by atoms with Crippen LogP contribution in [0, 0.1) is 11.3 Å². The number of alkyl halides is 3. The van der Waals surface area contributed by atoms with Crippen molar-refractivity contribution in [2.75, 3.05) is 18.5 Å². The Labute approximate surface area is 151 Å². The first-order valence-corrected chi connectivity index (χ1v) is 7.85. The molecule has 0 amide bonds. The molecule has 0 saturated carbocycles. The molecule has 3 rings (SSSR count). The second-order valence-electron chi connectivity index (χ2n) is 5.55. The average molecular weight is 374 g/mol. The number of benzene rings is 1. The van der Waals surface area contributed by atoms with Crippen LogP contribution in [0.3, 0.4) is 0 Å². The molecule has 0 aliphatic carbocycles. The molecule has 9 heteroatoms. The van der Waals surface area contributed by atoms with Gasteiger partial charge in [0, 0.05) is 11.9 Å². The fraction of sp³-hybridized carbons (Fsp3) is 0.167. The number of hydrogen-bond acceptors (Lipinski definition) is 5. The van der Waals surface area contributed by atoms with E-state index in [0.717, 1.165) is 16.7 Å². The molecule has 0 atom stereocenters. The maximum Gasteiger partial charge on any atom is 0.433 e. The van der Waals surface area contributed by atoms with Crippen molar-refractivity contribution in [3.8, 4) is 11.8 Å². The number of aromatic nitrogens is 2. The van der Waals surface area contributed by atoms with Crippen LogP contribution in [0.15, 0.2) is 47.3 Å². The summed E-state index contributed by atoms with van der Waals surface area (Å²) in [5.41, 5.74) is -2.15. The van der Waals surface area contributed by atoms with E-state index in [1.807, 2.05) is 0 Å². The van der Waals surface area contributed by atoms with Crippen LogP contribution in [0.1, 0.15) is 11.3 Å². The van der Waals surface area contributed by atoms with Gasteiger partial charge in [0.25, 0.3) is 5.56 Å². The summed E-state index contributed by atoms with van der Waals surface area (Å²) in [6.45, 7) is -0.276. The third kappa shape index (κ3) is 3.35. The number of aliphatic hydroxyl groups excluding tert-OH is 1. The standard InChI is InChI=1S/C18H13F3N4O2/c19-18(20,21)14-7-6-12-15(23-8-9-26)13(10-22)17(27)25(16(12)24-14)11-4-2-1-3-5-11/h1-7,23,26H,8-9H2. The summed E-state index contributed by atoms with van der Waals surface area (Å²) in [5, 5.41) is 21.4. The molecule has 2 heterocycles. The van der Waals surface area contributed by atoms with Crippen LogP contribution < -0.4 is 10.9 Å². The lowest BCUT2D eigenvalue weighted by atomic mass is 10.1. The van der Waals surface area contributed by atoms with Crippen molar-refractivity contribution in [1.82, 2.24) is 9.55 Å². The van der Waals surface area contributed by atoms with E-state index in [9.17, 15) is 23.2 Å². The molecule has 6 nitrogen and oxygen atoms in total. The van der Waals surface area contributed by atoms with Gasteiger partial charge in [-0.25, -0.2) is 4.98 Å². The number of halogens is 3. The monoisotopic (exact) mass is 374 g/mol. The van der Waals surface area contributed by atoms with Gasteiger partial charge < -0.3 is 10.4 Å². The van der Waals surface area contributed by atoms with Crippen LogP contribution in [0.5, 0.6) is 0 Å². The summed E-state index contributed by atoms with van der Waals surface area (Å²) < 4.78 is 40.4. The Morgan fingerprint density at radius 3 is 2.48 bits per heavy atom. The molecule has 3 aromatic rings. The maximum atomic E-state index is 13.1. The molecule has 0 aliphatic heterocycles. The summed E-state index contributed by atoms with van der Waals surface area (Å²) in [7, 11) is 0. The van der Waals surface area contributed by atoms with E-state index in [4.69, 9.17) is 5.11 Å². The molecule has 2 aromatic heterocycles. The number of pyridine rings is 2.